The maximum Gasteiger partial charge on any atom is 0.415 e. The molecule has 1 fully saturated rings. The van der Waals surface area contributed by atoms with Crippen molar-refractivity contribution in [1.29, 1.82) is 0 Å². The Morgan fingerprint density at radius 1 is 1.55 bits per heavy atom. The molecule has 0 radical (unpaired) electrons. The van der Waals surface area contributed by atoms with Crippen LogP contribution >= 0.6 is 11.3 Å². The Labute approximate surface area is 132 Å². The van der Waals surface area contributed by atoms with Crippen molar-refractivity contribution >= 4 is 34.1 Å². The smallest absolute Gasteiger partial charge is 0.415 e. The summed E-state index contributed by atoms with van der Waals surface area (Å²) in [7, 11) is 0. The number of amides is 1. The number of hydrogen-bond acceptors (Lipinski definition) is 6. The average Bonchev–Trinajstić information content (AvgIpc) is 2.67. The Hall–Kier alpha value is -1.80. The highest BCUT2D eigenvalue weighted by atomic mass is 32.1. The Morgan fingerprint density at radius 2 is 2.18 bits per heavy atom. The first-order chi connectivity index (χ1) is 10.2. The molecule has 7 nitrogen and oxygen atoms in total. The number of anilines is 2. The molecule has 2 heterocycles. The molecule has 3 N–H and O–H groups in total. The molecule has 0 aliphatic carbocycles. The lowest BCUT2D eigenvalue weighted by Crippen LogP contribution is -2.45. The van der Waals surface area contributed by atoms with E-state index in [1.54, 1.807) is 20.8 Å². The molecule has 1 aliphatic rings. The maximum atomic E-state index is 12.4. The van der Waals surface area contributed by atoms with Gasteiger partial charge in [0.15, 0.2) is 0 Å². The van der Waals surface area contributed by atoms with Crippen LogP contribution in [0.1, 0.15) is 36.9 Å². The van der Waals surface area contributed by atoms with Gasteiger partial charge in [-0.1, -0.05) is 0 Å². The van der Waals surface area contributed by atoms with Crippen molar-refractivity contribution in [2.75, 3.05) is 23.8 Å². The molecule has 1 unspecified atom stereocenters. The largest absolute Gasteiger partial charge is 0.477 e. The number of nitrogens with two attached hydrogens (primary N) is 1. The number of rotatable bonds is 4. The van der Waals surface area contributed by atoms with Crippen LogP contribution in [0.3, 0.4) is 0 Å². The Morgan fingerprint density at radius 3 is 2.59 bits per heavy atom. The Bertz CT molecular complexity index is 574. The molecule has 0 spiro atoms. The fraction of sp³-hybridized carbons (Fsp3) is 0.571. The van der Waals surface area contributed by atoms with Gasteiger partial charge in [0, 0.05) is 6.61 Å². The van der Waals surface area contributed by atoms with Crippen molar-refractivity contribution in [2.45, 2.75) is 38.9 Å². The predicted octanol–water partition coefficient (Wildman–Crippen LogP) is 2.56. The van der Waals surface area contributed by atoms with Gasteiger partial charge in [0.25, 0.3) is 0 Å². The molecule has 2 rings (SSSR count). The van der Waals surface area contributed by atoms with Gasteiger partial charge in [-0.05, 0) is 33.3 Å². The van der Waals surface area contributed by atoms with Crippen molar-refractivity contribution in [3.05, 3.63) is 10.9 Å². The number of aromatic carboxylic acids is 1. The van der Waals surface area contributed by atoms with E-state index in [9.17, 15) is 9.59 Å². The molecule has 1 aromatic heterocycles. The number of ether oxygens (including phenoxy) is 2. The van der Waals surface area contributed by atoms with E-state index in [0.29, 0.717) is 18.2 Å². The molecule has 1 saturated heterocycles. The van der Waals surface area contributed by atoms with Crippen molar-refractivity contribution in [1.82, 2.24) is 0 Å². The van der Waals surface area contributed by atoms with Gasteiger partial charge in [-0.2, -0.15) is 0 Å². The SMILES string of the molecule is CC(C)(C)OC(=O)N(CC1CCO1)c1sc(C(=O)O)cc1N. The van der Waals surface area contributed by atoms with Gasteiger partial charge in [-0.25, -0.2) is 9.59 Å². The minimum Gasteiger partial charge on any atom is -0.477 e. The lowest BCUT2D eigenvalue weighted by molar-refractivity contribution is -0.0452. The summed E-state index contributed by atoms with van der Waals surface area (Å²) in [6, 6.07) is 1.35. The van der Waals surface area contributed by atoms with E-state index < -0.39 is 17.7 Å². The zero-order valence-electron chi connectivity index (χ0n) is 12.8. The standard InChI is InChI=1S/C14H20N2O5S/c1-14(2,3)21-13(19)16(7-8-4-5-20-8)11-9(15)6-10(22-11)12(17)18/h6,8H,4-5,7,15H2,1-3H3,(H,17,18). The number of nitrogen functional groups attached to an aromatic ring is 1. The summed E-state index contributed by atoms with van der Waals surface area (Å²) in [5.74, 6) is -1.08. The summed E-state index contributed by atoms with van der Waals surface area (Å²) in [5.41, 5.74) is 5.46. The van der Waals surface area contributed by atoms with E-state index in [2.05, 4.69) is 0 Å². The maximum absolute atomic E-state index is 12.4. The number of carbonyl (C=O) groups is 2. The summed E-state index contributed by atoms with van der Waals surface area (Å²) >= 11 is 0.952. The third kappa shape index (κ3) is 3.89. The van der Waals surface area contributed by atoms with E-state index in [1.807, 2.05) is 0 Å². The second-order valence-electron chi connectivity index (χ2n) is 6.05. The first-order valence-electron chi connectivity index (χ1n) is 6.92. The first-order valence-corrected chi connectivity index (χ1v) is 7.74. The van der Waals surface area contributed by atoms with E-state index in [4.69, 9.17) is 20.3 Å². The summed E-state index contributed by atoms with van der Waals surface area (Å²) in [5, 5.41) is 9.44. The number of hydrogen-bond donors (Lipinski definition) is 2. The van der Waals surface area contributed by atoms with Gasteiger partial charge in [-0.3, -0.25) is 4.90 Å². The van der Waals surface area contributed by atoms with Crippen LogP contribution < -0.4 is 10.6 Å². The number of carbonyl (C=O) groups excluding carboxylic acids is 1. The van der Waals surface area contributed by atoms with Crippen LogP contribution in [-0.4, -0.2) is 42.0 Å². The van der Waals surface area contributed by atoms with Crippen LogP contribution in [0.15, 0.2) is 6.07 Å². The minimum absolute atomic E-state index is 0.0792. The normalized spacial score (nSPS) is 17.7. The fourth-order valence-corrected chi connectivity index (χ4v) is 2.82. The highest BCUT2D eigenvalue weighted by Gasteiger charge is 2.31. The number of nitrogens with zero attached hydrogens (tertiary/aromatic N) is 1. The van der Waals surface area contributed by atoms with Gasteiger partial charge in [0.05, 0.1) is 18.3 Å². The van der Waals surface area contributed by atoms with Gasteiger partial charge >= 0.3 is 12.1 Å². The number of carboxylic acid groups (broad SMARTS) is 1. The Balaban J connectivity index is 2.26. The van der Waals surface area contributed by atoms with Gasteiger partial charge in [0.2, 0.25) is 0 Å². The van der Waals surface area contributed by atoms with Crippen molar-refractivity contribution < 1.29 is 24.2 Å². The second-order valence-corrected chi connectivity index (χ2v) is 7.08. The number of thiophene rings is 1. The van der Waals surface area contributed by atoms with Crippen LogP contribution in [0.25, 0.3) is 0 Å². The minimum atomic E-state index is -1.08. The lowest BCUT2D eigenvalue weighted by atomic mass is 10.2. The third-order valence-electron chi connectivity index (χ3n) is 2.99. The fourth-order valence-electron chi connectivity index (χ4n) is 1.90. The number of carboxylic acids is 1. The zero-order chi connectivity index (χ0) is 16.5. The monoisotopic (exact) mass is 328 g/mol. The molecule has 1 atom stereocenters. The van der Waals surface area contributed by atoms with Gasteiger partial charge < -0.3 is 20.3 Å². The topological polar surface area (TPSA) is 102 Å². The van der Waals surface area contributed by atoms with Crippen molar-refractivity contribution in [2.24, 2.45) is 0 Å². The molecule has 122 valence electrons. The molecule has 0 saturated carbocycles. The molecule has 1 amide bonds. The highest BCUT2D eigenvalue weighted by molar-refractivity contribution is 7.18. The van der Waals surface area contributed by atoms with Gasteiger partial charge in [-0.15, -0.1) is 11.3 Å². The van der Waals surface area contributed by atoms with E-state index in [0.717, 1.165) is 17.8 Å². The predicted molar refractivity (Wildman–Crippen MR) is 83.6 cm³/mol. The lowest BCUT2D eigenvalue weighted by Gasteiger charge is -2.33. The van der Waals surface area contributed by atoms with Crippen LogP contribution in [0.2, 0.25) is 0 Å². The molecule has 1 aromatic rings. The van der Waals surface area contributed by atoms with Crippen molar-refractivity contribution in [3.8, 4) is 0 Å². The molecule has 0 bridgehead atoms. The van der Waals surface area contributed by atoms with E-state index in [-0.39, 0.29) is 16.7 Å². The van der Waals surface area contributed by atoms with E-state index >= 15 is 0 Å². The zero-order valence-corrected chi connectivity index (χ0v) is 13.6. The molecular formula is C14H20N2O5S. The third-order valence-corrected chi connectivity index (χ3v) is 4.15. The molecule has 8 heteroatoms. The van der Waals surface area contributed by atoms with E-state index in [1.165, 1.54) is 11.0 Å². The summed E-state index contributed by atoms with van der Waals surface area (Å²) in [6.07, 6.45) is 0.201. The molecule has 22 heavy (non-hydrogen) atoms. The van der Waals surface area contributed by atoms with Gasteiger partial charge in [0.1, 0.15) is 15.5 Å². The second kappa shape index (κ2) is 6.13. The molecular weight excluding hydrogens is 308 g/mol. The van der Waals surface area contributed by atoms with Crippen LogP contribution in [-0.2, 0) is 9.47 Å². The highest BCUT2D eigenvalue weighted by Crippen LogP contribution is 2.35. The Kier molecular flexibility index (Phi) is 4.62. The van der Waals surface area contributed by atoms with Crippen LogP contribution in [0.5, 0.6) is 0 Å². The summed E-state index contributed by atoms with van der Waals surface area (Å²) in [4.78, 5) is 24.9. The summed E-state index contributed by atoms with van der Waals surface area (Å²) in [6.45, 7) is 6.25. The molecule has 1 aliphatic heterocycles. The molecule has 0 aromatic carbocycles. The van der Waals surface area contributed by atoms with Crippen LogP contribution in [0.4, 0.5) is 15.5 Å². The first kappa shape index (κ1) is 16.6. The quantitative estimate of drug-likeness (QED) is 0.880. The summed E-state index contributed by atoms with van der Waals surface area (Å²) < 4.78 is 10.7. The van der Waals surface area contributed by atoms with Crippen LogP contribution in [0, 0.1) is 0 Å². The average molecular weight is 328 g/mol. The van der Waals surface area contributed by atoms with Crippen molar-refractivity contribution in [3.63, 3.8) is 0 Å².